The lowest BCUT2D eigenvalue weighted by Crippen LogP contribution is -2.04. The predicted octanol–water partition coefficient (Wildman–Crippen LogP) is 3.63. The molecule has 0 N–H and O–H groups in total. The van der Waals surface area contributed by atoms with Crippen molar-refractivity contribution in [3.63, 3.8) is 0 Å². The third-order valence-corrected chi connectivity index (χ3v) is 4.91. The molecule has 0 spiro atoms. The van der Waals surface area contributed by atoms with E-state index in [2.05, 4.69) is 0 Å². The van der Waals surface area contributed by atoms with Crippen molar-refractivity contribution in [2.24, 2.45) is 17.8 Å². The van der Waals surface area contributed by atoms with Crippen LogP contribution in [0.5, 0.6) is 0 Å². The highest BCUT2D eigenvalue weighted by Crippen LogP contribution is 2.59. The number of halogens is 1. The number of Topliss-reactive ketones (excluding diaryl/α,β-unsaturated/α-hetero) is 1. The summed E-state index contributed by atoms with van der Waals surface area (Å²) in [5.41, 5.74) is 0. The highest BCUT2D eigenvalue weighted by Gasteiger charge is 2.56. The summed E-state index contributed by atoms with van der Waals surface area (Å²) in [5.74, 6) is 2.01. The van der Waals surface area contributed by atoms with Crippen molar-refractivity contribution in [3.05, 3.63) is 21.3 Å². The number of rotatable bonds is 2. The predicted molar refractivity (Wildman–Crippen MR) is 58.0 cm³/mol. The normalized spacial score (nSPS) is 34.2. The first kappa shape index (κ1) is 8.93. The molecule has 1 heterocycles. The molecule has 0 amide bonds. The summed E-state index contributed by atoms with van der Waals surface area (Å²) in [5, 5.41) is 2.54. The van der Waals surface area contributed by atoms with E-state index in [1.807, 2.05) is 11.4 Å². The Kier molecular flexibility index (Phi) is 1.96. The summed E-state index contributed by atoms with van der Waals surface area (Å²) in [6, 6.07) is 1.82. The van der Waals surface area contributed by atoms with Crippen LogP contribution in [0.1, 0.15) is 28.9 Å². The number of hydrogen-bond acceptors (Lipinski definition) is 2. The highest BCUT2D eigenvalue weighted by molar-refractivity contribution is 7.12. The van der Waals surface area contributed by atoms with E-state index in [9.17, 15) is 4.79 Å². The third kappa shape index (κ3) is 1.17. The standard InChI is InChI=1S/C11H11ClOS/c12-8-4-5-14-11(8)10(13)9-6-2-1-3-7(6)9/h4-7,9H,1-3H2. The Morgan fingerprint density at radius 1 is 1.43 bits per heavy atom. The average Bonchev–Trinajstić information content (AvgIpc) is 2.57. The van der Waals surface area contributed by atoms with Gasteiger partial charge in [-0.3, -0.25) is 4.79 Å². The van der Waals surface area contributed by atoms with Gasteiger partial charge in [0.15, 0.2) is 5.78 Å². The van der Waals surface area contributed by atoms with Crippen molar-refractivity contribution in [2.45, 2.75) is 19.3 Å². The molecule has 2 saturated carbocycles. The summed E-state index contributed by atoms with van der Waals surface area (Å²) in [7, 11) is 0. The minimum absolute atomic E-state index is 0.305. The summed E-state index contributed by atoms with van der Waals surface area (Å²) < 4.78 is 0. The fourth-order valence-corrected chi connectivity index (χ4v) is 3.97. The summed E-state index contributed by atoms with van der Waals surface area (Å²) in [4.78, 5) is 12.8. The lowest BCUT2D eigenvalue weighted by molar-refractivity contribution is 0.0956. The van der Waals surface area contributed by atoms with Crippen molar-refractivity contribution in [2.75, 3.05) is 0 Å². The maximum absolute atomic E-state index is 12.0. The Bertz CT molecular complexity index is 374. The van der Waals surface area contributed by atoms with E-state index in [-0.39, 0.29) is 0 Å². The molecular formula is C11H11ClOS. The smallest absolute Gasteiger partial charge is 0.177 e. The molecule has 2 fully saturated rings. The molecule has 0 radical (unpaired) electrons. The zero-order valence-corrected chi connectivity index (χ0v) is 9.27. The van der Waals surface area contributed by atoms with Crippen LogP contribution in [0.2, 0.25) is 5.02 Å². The lowest BCUT2D eigenvalue weighted by atomic mass is 10.1. The molecule has 2 atom stereocenters. The number of fused-ring (bicyclic) bond motifs is 1. The zero-order chi connectivity index (χ0) is 9.71. The number of carbonyl (C=O) groups is 1. The Labute approximate surface area is 92.1 Å². The van der Waals surface area contributed by atoms with Gasteiger partial charge in [-0.15, -0.1) is 11.3 Å². The van der Waals surface area contributed by atoms with E-state index in [1.54, 1.807) is 0 Å². The fraction of sp³-hybridized carbons (Fsp3) is 0.545. The van der Waals surface area contributed by atoms with Crippen LogP contribution >= 0.6 is 22.9 Å². The minimum Gasteiger partial charge on any atom is -0.293 e. The van der Waals surface area contributed by atoms with Gasteiger partial charge in [-0.2, -0.15) is 0 Å². The van der Waals surface area contributed by atoms with E-state index < -0.39 is 0 Å². The van der Waals surface area contributed by atoms with Gasteiger partial charge in [0.25, 0.3) is 0 Å². The first-order valence-electron chi connectivity index (χ1n) is 5.06. The van der Waals surface area contributed by atoms with Gasteiger partial charge >= 0.3 is 0 Å². The molecular weight excluding hydrogens is 216 g/mol. The first-order chi connectivity index (χ1) is 6.79. The number of carbonyl (C=O) groups excluding carboxylic acids is 1. The van der Waals surface area contributed by atoms with Crippen molar-refractivity contribution in [1.82, 2.24) is 0 Å². The minimum atomic E-state index is 0.305. The molecule has 1 aromatic heterocycles. The highest BCUT2D eigenvalue weighted by atomic mass is 35.5. The summed E-state index contributed by atoms with van der Waals surface area (Å²) >= 11 is 7.44. The zero-order valence-electron chi connectivity index (χ0n) is 7.70. The number of ketones is 1. The summed E-state index contributed by atoms with van der Waals surface area (Å²) in [6.07, 6.45) is 3.82. The fourth-order valence-electron chi connectivity index (χ4n) is 2.83. The SMILES string of the molecule is O=C(c1sccc1Cl)C1C2CCCC21. The molecule has 2 aliphatic carbocycles. The Balaban J connectivity index is 1.82. The van der Waals surface area contributed by atoms with E-state index in [0.717, 1.165) is 4.88 Å². The maximum atomic E-state index is 12.0. The van der Waals surface area contributed by atoms with E-state index in [1.165, 1.54) is 30.6 Å². The van der Waals surface area contributed by atoms with Crippen LogP contribution in [0.4, 0.5) is 0 Å². The van der Waals surface area contributed by atoms with Gasteiger partial charge in [0.1, 0.15) is 0 Å². The molecule has 0 bridgehead atoms. The lowest BCUT2D eigenvalue weighted by Gasteiger charge is -2.00. The third-order valence-electron chi connectivity index (χ3n) is 3.55. The Morgan fingerprint density at radius 3 is 2.71 bits per heavy atom. The van der Waals surface area contributed by atoms with Crippen molar-refractivity contribution in [3.8, 4) is 0 Å². The molecule has 74 valence electrons. The molecule has 3 rings (SSSR count). The molecule has 1 aromatic rings. The molecule has 0 saturated heterocycles. The van der Waals surface area contributed by atoms with Crippen LogP contribution in [0.3, 0.4) is 0 Å². The van der Waals surface area contributed by atoms with Crippen LogP contribution in [0, 0.1) is 17.8 Å². The van der Waals surface area contributed by atoms with E-state index in [0.29, 0.717) is 28.6 Å². The molecule has 14 heavy (non-hydrogen) atoms. The van der Waals surface area contributed by atoms with E-state index in [4.69, 9.17) is 11.6 Å². The molecule has 3 heteroatoms. The second-order valence-corrected chi connectivity index (χ2v) is 5.57. The maximum Gasteiger partial charge on any atom is 0.177 e. The largest absolute Gasteiger partial charge is 0.293 e. The van der Waals surface area contributed by atoms with Crippen LogP contribution in [-0.2, 0) is 0 Å². The second kappa shape index (κ2) is 3.07. The Morgan fingerprint density at radius 2 is 2.14 bits per heavy atom. The molecule has 2 unspecified atom stereocenters. The van der Waals surface area contributed by atoms with Crippen LogP contribution in [-0.4, -0.2) is 5.78 Å². The van der Waals surface area contributed by atoms with Crippen LogP contribution < -0.4 is 0 Å². The van der Waals surface area contributed by atoms with Crippen molar-refractivity contribution in [1.29, 1.82) is 0 Å². The Hall–Kier alpha value is -0.340. The topological polar surface area (TPSA) is 17.1 Å². The summed E-state index contributed by atoms with van der Waals surface area (Å²) in [6.45, 7) is 0. The van der Waals surface area contributed by atoms with Crippen LogP contribution in [0.15, 0.2) is 11.4 Å². The molecule has 2 aliphatic rings. The number of hydrogen-bond donors (Lipinski definition) is 0. The van der Waals surface area contributed by atoms with Gasteiger partial charge in [-0.05, 0) is 36.1 Å². The van der Waals surface area contributed by atoms with E-state index >= 15 is 0 Å². The first-order valence-corrected chi connectivity index (χ1v) is 6.32. The van der Waals surface area contributed by atoms with Gasteiger partial charge in [-0.1, -0.05) is 18.0 Å². The van der Waals surface area contributed by atoms with Crippen molar-refractivity contribution < 1.29 is 4.79 Å². The van der Waals surface area contributed by atoms with Crippen molar-refractivity contribution >= 4 is 28.7 Å². The molecule has 0 aromatic carbocycles. The average molecular weight is 227 g/mol. The van der Waals surface area contributed by atoms with Gasteiger partial charge in [-0.25, -0.2) is 0 Å². The van der Waals surface area contributed by atoms with Gasteiger partial charge in [0.05, 0.1) is 9.90 Å². The quantitative estimate of drug-likeness (QED) is 0.704. The number of thiophene rings is 1. The van der Waals surface area contributed by atoms with Crippen LogP contribution in [0.25, 0.3) is 0 Å². The van der Waals surface area contributed by atoms with Gasteiger partial charge in [0.2, 0.25) is 0 Å². The van der Waals surface area contributed by atoms with Gasteiger partial charge in [0, 0.05) is 5.92 Å². The monoisotopic (exact) mass is 226 g/mol. The molecule has 0 aliphatic heterocycles. The second-order valence-electron chi connectivity index (χ2n) is 4.25. The molecule has 1 nitrogen and oxygen atoms in total. The van der Waals surface area contributed by atoms with Gasteiger partial charge < -0.3 is 0 Å².